The zero-order chi connectivity index (χ0) is 11.1. The lowest BCUT2D eigenvalue weighted by molar-refractivity contribution is 0.370. The lowest BCUT2D eigenvalue weighted by atomic mass is 10.00. The van der Waals surface area contributed by atoms with Gasteiger partial charge in [-0.15, -0.1) is 0 Å². The van der Waals surface area contributed by atoms with Crippen LogP contribution >= 0.6 is 0 Å². The van der Waals surface area contributed by atoms with Crippen molar-refractivity contribution >= 4 is 5.57 Å². The molecule has 1 heterocycles. The fourth-order valence-corrected chi connectivity index (χ4v) is 1.69. The van der Waals surface area contributed by atoms with Crippen molar-refractivity contribution in [3.8, 4) is 0 Å². The molecule has 0 radical (unpaired) electrons. The molecule has 0 atom stereocenters. The van der Waals surface area contributed by atoms with Gasteiger partial charge >= 0.3 is 0 Å². The van der Waals surface area contributed by atoms with Gasteiger partial charge in [0.15, 0.2) is 0 Å². The van der Waals surface area contributed by atoms with Crippen molar-refractivity contribution in [2.75, 3.05) is 20.1 Å². The summed E-state index contributed by atoms with van der Waals surface area (Å²) < 4.78 is 0. The van der Waals surface area contributed by atoms with Gasteiger partial charge in [-0.25, -0.2) is 0 Å². The largest absolute Gasteiger partial charge is 0.302 e. The van der Waals surface area contributed by atoms with Gasteiger partial charge in [-0.2, -0.15) is 0 Å². The molecule has 1 aliphatic rings. The quantitative estimate of drug-likeness (QED) is 0.676. The zero-order valence-electron chi connectivity index (χ0n) is 10.0. The first kappa shape index (κ1) is 12.0. The predicted molar refractivity (Wildman–Crippen MR) is 67.9 cm³/mol. The normalized spacial score (nSPS) is 16.3. The Morgan fingerprint density at radius 1 is 1.07 bits per heavy atom. The lowest BCUT2D eigenvalue weighted by Crippen LogP contribution is -2.23. The van der Waals surface area contributed by atoms with Gasteiger partial charge in [-0.1, -0.05) is 50.3 Å². The number of hydrogen-bond donors (Lipinski definition) is 0. The third-order valence-corrected chi connectivity index (χ3v) is 2.56. The molecule has 0 saturated heterocycles. The number of hydrogen-bond acceptors (Lipinski definition) is 1. The first-order chi connectivity index (χ1) is 7.36. The number of nitrogens with zero attached hydrogens (tertiary/aromatic N) is 1. The van der Waals surface area contributed by atoms with Crippen molar-refractivity contribution in [2.24, 2.45) is 0 Å². The standard InChI is InChI=1S/C12H15N.C2H6/c1-13-9-7-12(8-10-13)11-5-3-2-4-6-11;1-2/h2-7H,8-10H2,1H3;1-2H3. The van der Waals surface area contributed by atoms with E-state index in [1.165, 1.54) is 24.1 Å². The van der Waals surface area contributed by atoms with Crippen molar-refractivity contribution in [3.63, 3.8) is 0 Å². The van der Waals surface area contributed by atoms with E-state index in [4.69, 9.17) is 0 Å². The van der Waals surface area contributed by atoms with Crippen LogP contribution in [0, 0.1) is 0 Å². The highest BCUT2D eigenvalue weighted by molar-refractivity contribution is 5.66. The highest BCUT2D eigenvalue weighted by Gasteiger charge is 2.08. The van der Waals surface area contributed by atoms with E-state index in [0.717, 1.165) is 6.54 Å². The fraction of sp³-hybridized carbons (Fsp3) is 0.429. The van der Waals surface area contributed by atoms with Crippen LogP contribution < -0.4 is 0 Å². The number of rotatable bonds is 1. The fourth-order valence-electron chi connectivity index (χ4n) is 1.69. The monoisotopic (exact) mass is 203 g/mol. The molecular weight excluding hydrogens is 182 g/mol. The highest BCUT2D eigenvalue weighted by Crippen LogP contribution is 2.20. The molecule has 0 unspecified atom stereocenters. The molecule has 0 aromatic heterocycles. The maximum absolute atomic E-state index is 2.34. The number of benzene rings is 1. The second-order valence-corrected chi connectivity index (χ2v) is 3.61. The van der Waals surface area contributed by atoms with Crippen LogP contribution in [0.15, 0.2) is 36.4 Å². The molecule has 1 aromatic rings. The summed E-state index contributed by atoms with van der Waals surface area (Å²) in [7, 11) is 2.16. The molecule has 0 saturated carbocycles. The SMILES string of the molecule is CC.CN1CC=C(c2ccccc2)CC1. The molecule has 0 N–H and O–H groups in total. The Hall–Kier alpha value is -1.08. The maximum atomic E-state index is 2.34. The van der Waals surface area contributed by atoms with Crippen LogP contribution in [0.4, 0.5) is 0 Å². The van der Waals surface area contributed by atoms with Crippen molar-refractivity contribution in [2.45, 2.75) is 20.3 Å². The second-order valence-electron chi connectivity index (χ2n) is 3.61. The van der Waals surface area contributed by atoms with E-state index >= 15 is 0 Å². The van der Waals surface area contributed by atoms with E-state index < -0.39 is 0 Å². The zero-order valence-corrected chi connectivity index (χ0v) is 10.0. The molecule has 0 fully saturated rings. The van der Waals surface area contributed by atoms with Gasteiger partial charge in [0.2, 0.25) is 0 Å². The molecule has 1 aromatic carbocycles. The molecule has 0 bridgehead atoms. The molecule has 0 amide bonds. The van der Waals surface area contributed by atoms with Crippen LogP contribution in [0.3, 0.4) is 0 Å². The van der Waals surface area contributed by atoms with Crippen molar-refractivity contribution in [3.05, 3.63) is 42.0 Å². The minimum absolute atomic E-state index is 1.09. The van der Waals surface area contributed by atoms with Gasteiger partial charge in [0.25, 0.3) is 0 Å². The van der Waals surface area contributed by atoms with Gasteiger partial charge < -0.3 is 4.90 Å². The summed E-state index contributed by atoms with van der Waals surface area (Å²) in [5, 5.41) is 0. The number of likely N-dealkylation sites (N-methyl/N-ethyl adjacent to an activating group) is 1. The molecule has 15 heavy (non-hydrogen) atoms. The second kappa shape index (κ2) is 6.41. The van der Waals surface area contributed by atoms with Gasteiger partial charge in [-0.3, -0.25) is 0 Å². The Bertz CT molecular complexity index is 300. The van der Waals surface area contributed by atoms with Gasteiger partial charge in [-0.05, 0) is 24.6 Å². The van der Waals surface area contributed by atoms with E-state index in [0.29, 0.717) is 0 Å². The first-order valence-electron chi connectivity index (χ1n) is 5.79. The summed E-state index contributed by atoms with van der Waals surface area (Å²) in [6, 6.07) is 10.7. The average molecular weight is 203 g/mol. The Morgan fingerprint density at radius 3 is 2.27 bits per heavy atom. The van der Waals surface area contributed by atoms with Crippen LogP contribution in [0.1, 0.15) is 25.8 Å². The van der Waals surface area contributed by atoms with Gasteiger partial charge in [0.1, 0.15) is 0 Å². The smallest absolute Gasteiger partial charge is 0.0166 e. The van der Waals surface area contributed by atoms with Crippen LogP contribution in [-0.4, -0.2) is 25.0 Å². The van der Waals surface area contributed by atoms with Crippen LogP contribution in [0.2, 0.25) is 0 Å². The minimum Gasteiger partial charge on any atom is -0.302 e. The predicted octanol–water partition coefficient (Wildman–Crippen LogP) is 3.43. The lowest BCUT2D eigenvalue weighted by Gasteiger charge is -2.21. The summed E-state index contributed by atoms with van der Waals surface area (Å²) in [5.74, 6) is 0. The van der Waals surface area contributed by atoms with Crippen molar-refractivity contribution in [1.29, 1.82) is 0 Å². The van der Waals surface area contributed by atoms with Crippen molar-refractivity contribution < 1.29 is 0 Å². The van der Waals surface area contributed by atoms with Gasteiger partial charge in [0, 0.05) is 13.1 Å². The summed E-state index contributed by atoms with van der Waals surface area (Å²) in [6.45, 7) is 6.27. The van der Waals surface area contributed by atoms with E-state index in [2.05, 4.69) is 48.4 Å². The summed E-state index contributed by atoms with van der Waals surface area (Å²) >= 11 is 0. The summed E-state index contributed by atoms with van der Waals surface area (Å²) in [6.07, 6.45) is 3.51. The topological polar surface area (TPSA) is 3.24 Å². The molecular formula is C14H21N. The van der Waals surface area contributed by atoms with Crippen LogP contribution in [0.25, 0.3) is 5.57 Å². The third kappa shape index (κ3) is 3.52. The summed E-state index contributed by atoms with van der Waals surface area (Å²) in [4.78, 5) is 2.34. The third-order valence-electron chi connectivity index (χ3n) is 2.56. The van der Waals surface area contributed by atoms with Crippen LogP contribution in [-0.2, 0) is 0 Å². The first-order valence-corrected chi connectivity index (χ1v) is 5.79. The van der Waals surface area contributed by atoms with Gasteiger partial charge in [0.05, 0.1) is 0 Å². The molecule has 1 aliphatic heterocycles. The van der Waals surface area contributed by atoms with Crippen LogP contribution in [0.5, 0.6) is 0 Å². The maximum Gasteiger partial charge on any atom is 0.0166 e. The Balaban J connectivity index is 0.000000531. The van der Waals surface area contributed by atoms with E-state index in [1.807, 2.05) is 13.8 Å². The van der Waals surface area contributed by atoms with E-state index in [1.54, 1.807) is 0 Å². The molecule has 1 heteroatoms. The summed E-state index contributed by atoms with van der Waals surface area (Å²) in [5.41, 5.74) is 2.88. The van der Waals surface area contributed by atoms with E-state index in [9.17, 15) is 0 Å². The Morgan fingerprint density at radius 2 is 1.73 bits per heavy atom. The minimum atomic E-state index is 1.09. The average Bonchev–Trinajstić information content (AvgIpc) is 2.34. The molecule has 2 rings (SSSR count). The molecule has 1 nitrogen and oxygen atoms in total. The highest BCUT2D eigenvalue weighted by atomic mass is 15.1. The Labute approximate surface area is 93.4 Å². The molecule has 0 aliphatic carbocycles. The van der Waals surface area contributed by atoms with E-state index in [-0.39, 0.29) is 0 Å². The molecule has 0 spiro atoms. The molecule has 82 valence electrons. The Kier molecular flexibility index (Phi) is 5.13. The van der Waals surface area contributed by atoms with Crippen molar-refractivity contribution in [1.82, 2.24) is 4.90 Å².